The van der Waals surface area contributed by atoms with Crippen molar-refractivity contribution >= 4 is 34.6 Å². The lowest BCUT2D eigenvalue weighted by Gasteiger charge is -2.10. The number of benzene rings is 2. The third kappa shape index (κ3) is 4.68. The second-order valence-corrected chi connectivity index (χ2v) is 6.74. The van der Waals surface area contributed by atoms with Crippen LogP contribution in [0, 0.1) is 0 Å². The number of nitrogens with one attached hydrogen (secondary N) is 2. The number of rotatable bonds is 7. The molecule has 0 radical (unpaired) electrons. The van der Waals surface area contributed by atoms with E-state index >= 15 is 0 Å². The number of nitrogens with zero attached hydrogens (tertiary/aromatic N) is 1. The minimum absolute atomic E-state index is 0.109. The van der Waals surface area contributed by atoms with Crippen molar-refractivity contribution < 1.29 is 9.53 Å². The summed E-state index contributed by atoms with van der Waals surface area (Å²) in [7, 11) is 0. The van der Waals surface area contributed by atoms with E-state index in [-0.39, 0.29) is 12.5 Å². The van der Waals surface area contributed by atoms with Crippen LogP contribution in [0.3, 0.4) is 0 Å². The van der Waals surface area contributed by atoms with Crippen molar-refractivity contribution in [2.24, 2.45) is 5.10 Å². The van der Waals surface area contributed by atoms with E-state index in [1.54, 1.807) is 0 Å². The van der Waals surface area contributed by atoms with Crippen LogP contribution >= 0.6 is 11.6 Å². The zero-order valence-electron chi connectivity index (χ0n) is 15.3. The first-order valence-electron chi connectivity index (χ1n) is 8.89. The van der Waals surface area contributed by atoms with Crippen LogP contribution in [0.1, 0.15) is 37.3 Å². The fraction of sp³-hybridized carbons (Fsp3) is 0.238. The number of ether oxygens (including phenoxy) is 1. The second kappa shape index (κ2) is 8.73. The summed E-state index contributed by atoms with van der Waals surface area (Å²) >= 11 is 6.19. The molecule has 0 bridgehead atoms. The average Bonchev–Trinajstić information content (AvgIpc) is 3.01. The minimum Gasteiger partial charge on any atom is -0.484 e. The number of carbonyl (C=O) groups excluding carboxylic acids is 1. The molecule has 27 heavy (non-hydrogen) atoms. The number of hydrogen-bond donors (Lipinski definition) is 2. The van der Waals surface area contributed by atoms with Crippen molar-refractivity contribution in [3.63, 3.8) is 0 Å². The summed E-state index contributed by atoms with van der Waals surface area (Å²) in [5.41, 5.74) is 5.36. The molecule has 1 unspecified atom stereocenters. The third-order valence-electron chi connectivity index (χ3n) is 4.51. The van der Waals surface area contributed by atoms with Crippen LogP contribution in [0.15, 0.2) is 53.6 Å². The van der Waals surface area contributed by atoms with Gasteiger partial charge in [0.15, 0.2) is 6.61 Å². The van der Waals surface area contributed by atoms with Gasteiger partial charge in [-0.05, 0) is 36.1 Å². The van der Waals surface area contributed by atoms with Gasteiger partial charge >= 0.3 is 0 Å². The fourth-order valence-corrected chi connectivity index (χ4v) is 2.99. The number of fused-ring (bicyclic) bond motifs is 1. The Bertz CT molecular complexity index is 948. The van der Waals surface area contributed by atoms with E-state index in [9.17, 15) is 4.79 Å². The number of H-pyrrole nitrogens is 1. The Morgan fingerprint density at radius 2 is 2.00 bits per heavy atom. The van der Waals surface area contributed by atoms with Crippen molar-refractivity contribution in [3.8, 4) is 5.75 Å². The normalized spacial score (nSPS) is 12.4. The van der Waals surface area contributed by atoms with Gasteiger partial charge in [0.05, 0.1) is 6.21 Å². The molecule has 2 aromatic carbocycles. The van der Waals surface area contributed by atoms with E-state index in [4.69, 9.17) is 16.3 Å². The van der Waals surface area contributed by atoms with Gasteiger partial charge in [0, 0.05) is 16.5 Å². The van der Waals surface area contributed by atoms with Gasteiger partial charge < -0.3 is 9.72 Å². The van der Waals surface area contributed by atoms with Crippen LogP contribution in [0.4, 0.5) is 0 Å². The molecule has 1 atom stereocenters. The van der Waals surface area contributed by atoms with E-state index in [0.29, 0.717) is 16.8 Å². The Hall–Kier alpha value is -2.79. The maximum Gasteiger partial charge on any atom is 0.277 e. The summed E-state index contributed by atoms with van der Waals surface area (Å²) in [4.78, 5) is 15.0. The van der Waals surface area contributed by atoms with E-state index in [1.165, 1.54) is 11.8 Å². The lowest BCUT2D eigenvalue weighted by Crippen LogP contribution is -2.24. The molecule has 0 saturated heterocycles. The van der Waals surface area contributed by atoms with Crippen LogP contribution < -0.4 is 10.2 Å². The smallest absolute Gasteiger partial charge is 0.277 e. The molecule has 0 aliphatic heterocycles. The van der Waals surface area contributed by atoms with Gasteiger partial charge in [0.25, 0.3) is 5.91 Å². The van der Waals surface area contributed by atoms with Gasteiger partial charge in [0.1, 0.15) is 10.9 Å². The molecule has 5 nitrogen and oxygen atoms in total. The molecule has 3 rings (SSSR count). The quantitative estimate of drug-likeness (QED) is 0.451. The first kappa shape index (κ1) is 19.0. The second-order valence-electron chi connectivity index (χ2n) is 6.36. The van der Waals surface area contributed by atoms with Gasteiger partial charge in [-0.3, -0.25) is 4.79 Å². The standard InChI is InChI=1S/C21H22ClN3O2/c1-3-14(2)15-8-10-16(11-9-15)27-13-20(26)25-23-12-18-17-6-4-5-7-19(17)24-21(18)22/h4-12,14,24H,3,13H2,1-2H3,(H,25,26)/b23-12-. The van der Waals surface area contributed by atoms with Crippen LogP contribution in [0.5, 0.6) is 5.75 Å². The lowest BCUT2D eigenvalue weighted by atomic mass is 9.99. The van der Waals surface area contributed by atoms with E-state index in [0.717, 1.165) is 22.9 Å². The highest BCUT2D eigenvalue weighted by Crippen LogP contribution is 2.24. The molecule has 0 fully saturated rings. The Kier molecular flexibility index (Phi) is 6.14. The largest absolute Gasteiger partial charge is 0.484 e. The number of amides is 1. The van der Waals surface area contributed by atoms with Crippen molar-refractivity contribution in [2.75, 3.05) is 6.61 Å². The van der Waals surface area contributed by atoms with Crippen molar-refractivity contribution in [2.45, 2.75) is 26.2 Å². The molecule has 0 spiro atoms. The van der Waals surface area contributed by atoms with Gasteiger partial charge in [-0.2, -0.15) is 5.10 Å². The first-order valence-corrected chi connectivity index (χ1v) is 9.27. The summed E-state index contributed by atoms with van der Waals surface area (Å²) in [6.07, 6.45) is 2.61. The zero-order chi connectivity index (χ0) is 19.2. The molecule has 2 N–H and O–H groups in total. The third-order valence-corrected chi connectivity index (χ3v) is 4.81. The molecular formula is C21H22ClN3O2. The highest BCUT2D eigenvalue weighted by molar-refractivity contribution is 6.34. The minimum atomic E-state index is -0.340. The van der Waals surface area contributed by atoms with Crippen LogP contribution in [0.2, 0.25) is 5.15 Å². The Balaban J connectivity index is 1.53. The molecule has 0 aliphatic rings. The summed E-state index contributed by atoms with van der Waals surface area (Å²) < 4.78 is 5.50. The van der Waals surface area contributed by atoms with E-state index < -0.39 is 0 Å². The summed E-state index contributed by atoms with van der Waals surface area (Å²) in [6, 6.07) is 15.5. The predicted octanol–water partition coefficient (Wildman–Crippen LogP) is 4.86. The number of carbonyl (C=O) groups is 1. The summed E-state index contributed by atoms with van der Waals surface area (Å²) in [5, 5.41) is 5.40. The highest BCUT2D eigenvalue weighted by Gasteiger charge is 2.08. The lowest BCUT2D eigenvalue weighted by molar-refractivity contribution is -0.123. The van der Waals surface area contributed by atoms with Crippen LogP contribution in [-0.2, 0) is 4.79 Å². The SMILES string of the molecule is CCC(C)c1ccc(OCC(=O)N/N=C\c2c(Cl)[nH]c3ccccc23)cc1. The fourth-order valence-electron chi connectivity index (χ4n) is 2.74. The van der Waals surface area contributed by atoms with Gasteiger partial charge in [-0.25, -0.2) is 5.43 Å². The maximum atomic E-state index is 11.9. The number of hydrogen-bond acceptors (Lipinski definition) is 3. The van der Waals surface area contributed by atoms with Gasteiger partial charge in [-0.1, -0.05) is 55.8 Å². The molecule has 0 saturated carbocycles. The van der Waals surface area contributed by atoms with Crippen LogP contribution in [-0.4, -0.2) is 23.7 Å². The number of para-hydroxylation sites is 1. The van der Waals surface area contributed by atoms with Crippen molar-refractivity contribution in [1.82, 2.24) is 10.4 Å². The average molecular weight is 384 g/mol. The Morgan fingerprint density at radius 1 is 1.26 bits per heavy atom. The van der Waals surface area contributed by atoms with E-state index in [1.807, 2.05) is 48.5 Å². The highest BCUT2D eigenvalue weighted by atomic mass is 35.5. The maximum absolute atomic E-state index is 11.9. The number of aromatic amines is 1. The zero-order valence-corrected chi connectivity index (χ0v) is 16.1. The van der Waals surface area contributed by atoms with Crippen LogP contribution in [0.25, 0.3) is 10.9 Å². The first-order chi connectivity index (χ1) is 13.1. The molecule has 6 heteroatoms. The Labute approximate surface area is 163 Å². The van der Waals surface area contributed by atoms with Crippen molar-refractivity contribution in [3.05, 3.63) is 64.8 Å². The van der Waals surface area contributed by atoms with E-state index in [2.05, 4.69) is 29.4 Å². The molecule has 1 heterocycles. The number of halogens is 1. The molecular weight excluding hydrogens is 362 g/mol. The Morgan fingerprint density at radius 3 is 2.74 bits per heavy atom. The van der Waals surface area contributed by atoms with Crippen molar-refractivity contribution in [1.29, 1.82) is 0 Å². The molecule has 3 aromatic rings. The van der Waals surface area contributed by atoms with Gasteiger partial charge in [0.2, 0.25) is 0 Å². The monoisotopic (exact) mass is 383 g/mol. The summed E-state index contributed by atoms with van der Waals surface area (Å²) in [5.74, 6) is 0.821. The number of hydrazone groups is 1. The number of aromatic nitrogens is 1. The summed E-state index contributed by atoms with van der Waals surface area (Å²) in [6.45, 7) is 4.23. The van der Waals surface area contributed by atoms with Gasteiger partial charge in [-0.15, -0.1) is 0 Å². The molecule has 1 aromatic heterocycles. The molecule has 1 amide bonds. The topological polar surface area (TPSA) is 66.5 Å². The molecule has 140 valence electrons. The molecule has 0 aliphatic carbocycles. The predicted molar refractivity (Wildman–Crippen MR) is 110 cm³/mol.